The summed E-state index contributed by atoms with van der Waals surface area (Å²) >= 11 is 0. The van der Waals surface area contributed by atoms with Crippen molar-refractivity contribution in [3.8, 4) is 5.75 Å². The van der Waals surface area contributed by atoms with Gasteiger partial charge in [0.15, 0.2) is 0 Å². The van der Waals surface area contributed by atoms with Crippen LogP contribution in [0.15, 0.2) is 48.5 Å². The number of anilines is 1. The molecule has 0 aromatic heterocycles. The number of carbonyl (C=O) groups is 1. The SMILES string of the molecule is O=C(O)c1ccc(NCCOc2ccccc2)cc1F. The van der Waals surface area contributed by atoms with Crippen LogP contribution in [0.1, 0.15) is 10.4 Å². The molecule has 0 spiro atoms. The summed E-state index contributed by atoms with van der Waals surface area (Å²) in [5.74, 6) is -1.27. The third kappa shape index (κ3) is 3.71. The Balaban J connectivity index is 1.83. The molecule has 0 saturated heterocycles. The van der Waals surface area contributed by atoms with E-state index in [1.54, 1.807) is 0 Å². The van der Waals surface area contributed by atoms with Gasteiger partial charge in [-0.2, -0.15) is 0 Å². The summed E-state index contributed by atoms with van der Waals surface area (Å²) in [7, 11) is 0. The van der Waals surface area contributed by atoms with Crippen LogP contribution < -0.4 is 10.1 Å². The number of para-hydroxylation sites is 1. The molecule has 2 rings (SSSR count). The van der Waals surface area contributed by atoms with E-state index >= 15 is 0 Å². The molecule has 2 aromatic carbocycles. The van der Waals surface area contributed by atoms with Gasteiger partial charge in [0.05, 0.1) is 5.56 Å². The molecule has 5 heteroatoms. The van der Waals surface area contributed by atoms with Gasteiger partial charge in [0, 0.05) is 12.2 Å². The molecule has 2 N–H and O–H groups in total. The van der Waals surface area contributed by atoms with Crippen molar-refractivity contribution in [2.45, 2.75) is 0 Å². The van der Waals surface area contributed by atoms with Crippen molar-refractivity contribution >= 4 is 11.7 Å². The van der Waals surface area contributed by atoms with E-state index in [1.165, 1.54) is 12.1 Å². The summed E-state index contributed by atoms with van der Waals surface area (Å²) in [5.41, 5.74) is 0.181. The second kappa shape index (κ2) is 6.56. The molecule has 4 nitrogen and oxygen atoms in total. The predicted molar refractivity (Wildman–Crippen MR) is 73.8 cm³/mol. The molecule has 0 unspecified atom stereocenters. The summed E-state index contributed by atoms with van der Waals surface area (Å²) in [6.45, 7) is 0.910. The van der Waals surface area contributed by atoms with Crippen LogP contribution in [0.5, 0.6) is 5.75 Å². The zero-order chi connectivity index (χ0) is 14.4. The first-order valence-electron chi connectivity index (χ1n) is 6.11. The van der Waals surface area contributed by atoms with Crippen LogP contribution in [0.3, 0.4) is 0 Å². The number of ether oxygens (including phenoxy) is 1. The minimum atomic E-state index is -1.28. The van der Waals surface area contributed by atoms with Gasteiger partial charge < -0.3 is 15.2 Å². The molecular weight excluding hydrogens is 261 g/mol. The minimum Gasteiger partial charge on any atom is -0.492 e. The fourth-order valence-corrected chi connectivity index (χ4v) is 1.68. The highest BCUT2D eigenvalue weighted by atomic mass is 19.1. The highest BCUT2D eigenvalue weighted by Gasteiger charge is 2.09. The maximum absolute atomic E-state index is 13.4. The Morgan fingerprint density at radius 2 is 1.95 bits per heavy atom. The summed E-state index contributed by atoms with van der Waals surface area (Å²) in [4.78, 5) is 10.7. The van der Waals surface area contributed by atoms with Gasteiger partial charge in [-0.3, -0.25) is 0 Å². The number of rotatable bonds is 6. The lowest BCUT2D eigenvalue weighted by Gasteiger charge is -2.09. The standard InChI is InChI=1S/C15H14FNO3/c16-14-10-11(6-7-13(14)15(18)19)17-8-9-20-12-4-2-1-3-5-12/h1-7,10,17H,8-9H2,(H,18,19). The first-order valence-corrected chi connectivity index (χ1v) is 6.11. The smallest absolute Gasteiger partial charge is 0.338 e. The number of benzene rings is 2. The molecule has 0 bridgehead atoms. The number of hydrogen-bond acceptors (Lipinski definition) is 3. The van der Waals surface area contributed by atoms with Crippen LogP contribution in [0.25, 0.3) is 0 Å². The molecule has 0 heterocycles. The number of hydrogen-bond donors (Lipinski definition) is 2. The fourth-order valence-electron chi connectivity index (χ4n) is 1.68. The highest BCUT2D eigenvalue weighted by Crippen LogP contribution is 2.14. The molecule has 0 amide bonds. The van der Waals surface area contributed by atoms with E-state index in [1.807, 2.05) is 30.3 Å². The molecule has 0 aliphatic heterocycles. The maximum Gasteiger partial charge on any atom is 0.338 e. The first kappa shape index (κ1) is 13.9. The molecule has 0 fully saturated rings. The molecule has 2 aromatic rings. The lowest BCUT2D eigenvalue weighted by atomic mass is 10.2. The Morgan fingerprint density at radius 3 is 2.60 bits per heavy atom. The van der Waals surface area contributed by atoms with Gasteiger partial charge in [-0.15, -0.1) is 0 Å². The molecule has 0 radical (unpaired) electrons. The molecule has 0 aliphatic rings. The van der Waals surface area contributed by atoms with E-state index in [0.29, 0.717) is 18.8 Å². The zero-order valence-corrected chi connectivity index (χ0v) is 10.7. The van der Waals surface area contributed by atoms with Crippen molar-refractivity contribution in [2.24, 2.45) is 0 Å². The molecule has 20 heavy (non-hydrogen) atoms. The first-order chi connectivity index (χ1) is 9.66. The molecule has 0 saturated carbocycles. The minimum absolute atomic E-state index is 0.337. The van der Waals surface area contributed by atoms with Crippen molar-refractivity contribution in [2.75, 3.05) is 18.5 Å². The normalized spacial score (nSPS) is 10.1. The van der Waals surface area contributed by atoms with Gasteiger partial charge in [0.1, 0.15) is 18.2 Å². The van der Waals surface area contributed by atoms with E-state index in [9.17, 15) is 9.18 Å². The molecule has 104 valence electrons. The number of carboxylic acids is 1. The number of carboxylic acid groups (broad SMARTS) is 1. The lowest BCUT2D eigenvalue weighted by molar-refractivity contribution is 0.0692. The van der Waals surface area contributed by atoms with Gasteiger partial charge in [-0.25, -0.2) is 9.18 Å². The predicted octanol–water partition coefficient (Wildman–Crippen LogP) is 3.01. The quantitative estimate of drug-likeness (QED) is 0.796. The van der Waals surface area contributed by atoms with Crippen molar-refractivity contribution in [3.05, 3.63) is 59.9 Å². The Bertz CT molecular complexity index is 587. The summed E-state index contributed by atoms with van der Waals surface area (Å²) in [5, 5.41) is 11.7. The average molecular weight is 275 g/mol. The lowest BCUT2D eigenvalue weighted by Crippen LogP contribution is -2.12. The maximum atomic E-state index is 13.4. The van der Waals surface area contributed by atoms with Gasteiger partial charge in [-0.05, 0) is 30.3 Å². The van der Waals surface area contributed by atoms with Crippen molar-refractivity contribution < 1.29 is 19.0 Å². The Morgan fingerprint density at radius 1 is 1.20 bits per heavy atom. The van der Waals surface area contributed by atoms with Gasteiger partial charge in [0.25, 0.3) is 0 Å². The van der Waals surface area contributed by atoms with E-state index in [-0.39, 0.29) is 5.56 Å². The van der Waals surface area contributed by atoms with Crippen molar-refractivity contribution in [1.29, 1.82) is 0 Å². The molecule has 0 atom stereocenters. The van der Waals surface area contributed by atoms with Crippen LogP contribution in [0.4, 0.5) is 10.1 Å². The Labute approximate surface area is 115 Å². The van der Waals surface area contributed by atoms with Gasteiger partial charge >= 0.3 is 5.97 Å². The summed E-state index contributed by atoms with van der Waals surface area (Å²) < 4.78 is 18.9. The van der Waals surface area contributed by atoms with E-state index < -0.39 is 11.8 Å². The van der Waals surface area contributed by atoms with Gasteiger partial charge in [-0.1, -0.05) is 18.2 Å². The third-order valence-corrected chi connectivity index (χ3v) is 2.64. The number of aromatic carboxylic acids is 1. The number of nitrogens with one attached hydrogen (secondary N) is 1. The fraction of sp³-hybridized carbons (Fsp3) is 0.133. The van der Waals surface area contributed by atoms with E-state index in [2.05, 4.69) is 5.32 Å². The topological polar surface area (TPSA) is 58.6 Å². The second-order valence-corrected chi connectivity index (χ2v) is 4.09. The largest absolute Gasteiger partial charge is 0.492 e. The Hall–Kier alpha value is -2.56. The summed E-state index contributed by atoms with van der Waals surface area (Å²) in [6, 6.07) is 13.3. The number of halogens is 1. The molecular formula is C15H14FNO3. The van der Waals surface area contributed by atoms with Crippen molar-refractivity contribution in [3.63, 3.8) is 0 Å². The van der Waals surface area contributed by atoms with Crippen molar-refractivity contribution in [1.82, 2.24) is 0 Å². The van der Waals surface area contributed by atoms with Crippen LogP contribution in [-0.2, 0) is 0 Å². The monoisotopic (exact) mass is 275 g/mol. The van der Waals surface area contributed by atoms with Crippen LogP contribution in [0, 0.1) is 5.82 Å². The van der Waals surface area contributed by atoms with Crippen LogP contribution in [-0.4, -0.2) is 24.2 Å². The average Bonchev–Trinajstić information content (AvgIpc) is 2.44. The zero-order valence-electron chi connectivity index (χ0n) is 10.7. The van der Waals surface area contributed by atoms with E-state index in [0.717, 1.165) is 11.8 Å². The van der Waals surface area contributed by atoms with Gasteiger partial charge in [0.2, 0.25) is 0 Å². The summed E-state index contributed by atoms with van der Waals surface area (Å²) in [6.07, 6.45) is 0. The highest BCUT2D eigenvalue weighted by molar-refractivity contribution is 5.88. The second-order valence-electron chi connectivity index (χ2n) is 4.09. The molecule has 0 aliphatic carbocycles. The van der Waals surface area contributed by atoms with E-state index in [4.69, 9.17) is 9.84 Å². The van der Waals surface area contributed by atoms with Crippen LogP contribution >= 0.6 is 0 Å². The Kier molecular flexibility index (Phi) is 4.55. The third-order valence-electron chi connectivity index (χ3n) is 2.64. The van der Waals surface area contributed by atoms with Crippen LogP contribution in [0.2, 0.25) is 0 Å².